The number of hydrogen-bond acceptors (Lipinski definition) is 25. The number of ether oxygens (including phenoxy) is 11. The molecule has 2 heterocycles. The largest absolute Gasteiger partial charge is 0.508 e. The molecular weight excluding hydrogens is 1240 g/mol. The van der Waals surface area contributed by atoms with Crippen LogP contribution in [0.4, 0.5) is 24.0 Å². The lowest BCUT2D eigenvalue weighted by atomic mass is 9.99. The number of carbonyl (C=O) groups is 10. The molecule has 29 nitrogen and oxygen atoms in total. The van der Waals surface area contributed by atoms with Crippen LogP contribution in [0.5, 0.6) is 0 Å². The lowest BCUT2D eigenvalue weighted by Gasteiger charge is -2.29. The SMILES string of the molecule is C=C(NC(=O)OC(C)(C)C)C(=O)OC.COC(=O)C1(N)CCN(Cc2ccccc2)C1.COC(=O)C1(NC(=O)OC(C)(C)C)CCN(Cc2ccccc2)C1.COC(=O)[C@H](CO)NC(=O)OC(C)(C)C.COC(=O)[C@H](COC(=O)OCc1ccccc1)NC(=O)OC(C)(C)C. The Balaban J connectivity index is 0.000000606. The lowest BCUT2D eigenvalue weighted by Crippen LogP contribution is -2.57. The van der Waals surface area contributed by atoms with Crippen molar-refractivity contribution in [3.05, 3.63) is 120 Å². The zero-order valence-corrected chi connectivity index (χ0v) is 57.8. The Morgan fingerprint density at radius 2 is 0.916 bits per heavy atom. The van der Waals surface area contributed by atoms with Gasteiger partial charge in [-0.3, -0.25) is 19.9 Å². The molecule has 0 bridgehead atoms. The number of nitrogens with two attached hydrogens (primary N) is 1. The van der Waals surface area contributed by atoms with Gasteiger partial charge >= 0.3 is 60.4 Å². The van der Waals surface area contributed by atoms with Crippen LogP contribution in [0.2, 0.25) is 0 Å². The van der Waals surface area contributed by atoms with Gasteiger partial charge in [0.2, 0.25) is 0 Å². The number of carbonyl (C=O) groups excluding carboxylic acids is 10. The number of aliphatic hydroxyl groups is 1. The van der Waals surface area contributed by atoms with Gasteiger partial charge in [-0.1, -0.05) is 97.6 Å². The Bertz CT molecular complexity index is 2930. The van der Waals surface area contributed by atoms with Crippen molar-refractivity contribution in [1.82, 2.24) is 31.1 Å². The molecule has 5 rings (SSSR count). The fourth-order valence-electron chi connectivity index (χ4n) is 8.18. The zero-order valence-electron chi connectivity index (χ0n) is 57.8. The third-order valence-electron chi connectivity index (χ3n) is 12.3. The minimum atomic E-state index is -1.20. The van der Waals surface area contributed by atoms with Crippen LogP contribution in [-0.4, -0.2) is 196 Å². The molecule has 29 heteroatoms. The van der Waals surface area contributed by atoms with Crippen LogP contribution in [0.3, 0.4) is 0 Å². The van der Waals surface area contributed by atoms with E-state index < -0.39 is 113 Å². The van der Waals surface area contributed by atoms with E-state index in [4.69, 9.17) is 48.7 Å². The standard InChI is InChI=1S/C18H26N2O4.C17H23NO7.C13H18N2O2.C9H17NO5.C9H15NO4/c1-17(2,3)24-16(22)19-18(15(21)23-4)10-11-20(13-18)12-14-8-6-5-7-9-14;1-17(2,3)25-15(20)18-13(14(19)22-4)11-24-16(21)23-10-12-8-6-5-7-9-12;1-17-12(16)13(14)7-8-15(10-13)9-11-5-3-2-4-6-11;1-9(2,3)15-8(13)10-6(5-11)7(12)14-4;1-6(7(11)13-5)10-8(12)14-9(2,3)4/h5-9H,10-13H2,1-4H3,(H,19,22);5-9,13H,10-11H2,1-4H3,(H,18,20);2-6H,7-10,14H2,1H3;6,11H,5H2,1-4H3,(H,10,13);1H2,2-5H3,(H,10,12)/t;13-;;6-;/m.0.0./s1. The molecule has 0 aliphatic carbocycles. The Morgan fingerprint density at radius 1 is 0.516 bits per heavy atom. The second-order valence-electron chi connectivity index (χ2n) is 25.3. The van der Waals surface area contributed by atoms with Gasteiger partial charge in [0.25, 0.3) is 0 Å². The number of aliphatic hydroxyl groups excluding tert-OH is 1. The Kier molecular flexibility index (Phi) is 35.6. The highest BCUT2D eigenvalue weighted by molar-refractivity contribution is 5.91. The van der Waals surface area contributed by atoms with Gasteiger partial charge in [0.1, 0.15) is 46.9 Å². The molecule has 2 fully saturated rings. The summed E-state index contributed by atoms with van der Waals surface area (Å²) in [5.74, 6) is -2.95. The number of likely N-dealkylation sites (tertiary alicyclic amines) is 2. The predicted octanol–water partition coefficient (Wildman–Crippen LogP) is 6.74. The molecule has 7 N–H and O–H groups in total. The van der Waals surface area contributed by atoms with E-state index in [1.165, 1.54) is 34.0 Å². The molecule has 2 aliphatic heterocycles. The summed E-state index contributed by atoms with van der Waals surface area (Å²) in [6, 6.07) is 26.9. The number of nitrogens with one attached hydrogen (secondary N) is 4. The summed E-state index contributed by atoms with van der Waals surface area (Å²) in [5.41, 5.74) is 4.56. The summed E-state index contributed by atoms with van der Waals surface area (Å²) in [6.45, 7) is 27.0. The summed E-state index contributed by atoms with van der Waals surface area (Å²) >= 11 is 0. The van der Waals surface area contributed by atoms with E-state index >= 15 is 0 Å². The Labute approximate surface area is 556 Å². The van der Waals surface area contributed by atoms with Crippen LogP contribution < -0.4 is 27.0 Å². The maximum absolute atomic E-state index is 12.3. The number of benzene rings is 3. The first-order chi connectivity index (χ1) is 44.1. The van der Waals surface area contributed by atoms with Gasteiger partial charge in [0.15, 0.2) is 17.6 Å². The highest BCUT2D eigenvalue weighted by Gasteiger charge is 2.48. The van der Waals surface area contributed by atoms with Crippen molar-refractivity contribution >= 4 is 60.4 Å². The van der Waals surface area contributed by atoms with Crippen molar-refractivity contribution in [3.8, 4) is 0 Å². The molecule has 0 radical (unpaired) electrons. The first kappa shape index (κ1) is 84.0. The maximum atomic E-state index is 12.3. The molecule has 0 saturated carbocycles. The van der Waals surface area contributed by atoms with E-state index in [0.717, 1.165) is 37.9 Å². The molecule has 3 aromatic carbocycles. The minimum Gasteiger partial charge on any atom is -0.468 e. The monoisotopic (exact) mass is 1340 g/mol. The fraction of sp³-hybridized carbons (Fsp3) is 0.545. The van der Waals surface area contributed by atoms with Gasteiger partial charge in [0.05, 0.1) is 42.2 Å². The normalized spacial score (nSPS) is 16.5. The van der Waals surface area contributed by atoms with Gasteiger partial charge in [-0.05, 0) is 113 Å². The van der Waals surface area contributed by atoms with Crippen molar-refractivity contribution in [3.63, 3.8) is 0 Å². The van der Waals surface area contributed by atoms with E-state index in [-0.39, 0.29) is 18.3 Å². The molecule has 2 aliphatic rings. The molecule has 0 aromatic heterocycles. The zero-order chi connectivity index (χ0) is 72.4. The second kappa shape index (κ2) is 40.2. The van der Waals surface area contributed by atoms with Crippen molar-refractivity contribution < 1.29 is 105 Å². The van der Waals surface area contributed by atoms with Crippen LogP contribution in [0, 0.1) is 0 Å². The summed E-state index contributed by atoms with van der Waals surface area (Å²) < 4.78 is 52.8. The summed E-state index contributed by atoms with van der Waals surface area (Å²) in [7, 11) is 6.24. The molecule has 530 valence electrons. The molecule has 4 amide bonds. The molecular formula is C66H99N7O22. The number of nitrogens with zero attached hydrogens (tertiary/aromatic N) is 2. The van der Waals surface area contributed by atoms with Gasteiger partial charge in [-0.15, -0.1) is 0 Å². The number of hydrogen-bond donors (Lipinski definition) is 6. The topological polar surface area (TPSA) is 373 Å². The van der Waals surface area contributed by atoms with E-state index in [9.17, 15) is 47.9 Å². The van der Waals surface area contributed by atoms with Gasteiger partial charge in [0, 0.05) is 39.3 Å². The summed E-state index contributed by atoms with van der Waals surface area (Å²) in [4.78, 5) is 119. The van der Waals surface area contributed by atoms with Gasteiger partial charge < -0.3 is 78.9 Å². The number of methoxy groups -OCH3 is 5. The average molecular weight is 1340 g/mol. The van der Waals surface area contributed by atoms with Crippen LogP contribution in [0.15, 0.2) is 103 Å². The first-order valence-electron chi connectivity index (χ1n) is 30.0. The summed E-state index contributed by atoms with van der Waals surface area (Å²) in [5, 5.41) is 18.2. The number of alkyl carbamates (subject to hydrolysis) is 4. The highest BCUT2D eigenvalue weighted by Crippen LogP contribution is 2.26. The first-order valence-corrected chi connectivity index (χ1v) is 30.0. The fourth-order valence-corrected chi connectivity index (χ4v) is 8.18. The Hall–Kier alpha value is -9.06. The lowest BCUT2D eigenvalue weighted by molar-refractivity contribution is -0.148. The molecule has 2 unspecified atom stereocenters. The van der Waals surface area contributed by atoms with E-state index in [1.807, 2.05) is 66.7 Å². The van der Waals surface area contributed by atoms with Crippen LogP contribution in [0.1, 0.15) is 113 Å². The molecule has 4 atom stereocenters. The summed E-state index contributed by atoms with van der Waals surface area (Å²) in [6.07, 6.45) is -2.75. The van der Waals surface area contributed by atoms with Crippen molar-refractivity contribution in [2.45, 2.75) is 161 Å². The van der Waals surface area contributed by atoms with Gasteiger partial charge in [-0.25, -0.2) is 43.2 Å². The third-order valence-corrected chi connectivity index (χ3v) is 12.3. The number of amides is 4. The smallest absolute Gasteiger partial charge is 0.468 e. The number of rotatable bonds is 18. The van der Waals surface area contributed by atoms with Crippen molar-refractivity contribution in [1.29, 1.82) is 0 Å². The molecule has 0 spiro atoms. The highest BCUT2D eigenvalue weighted by atomic mass is 16.7. The average Bonchev–Trinajstić information content (AvgIpc) is 1.68. The van der Waals surface area contributed by atoms with E-state index in [0.29, 0.717) is 32.5 Å². The molecule has 2 saturated heterocycles. The van der Waals surface area contributed by atoms with Crippen LogP contribution in [-0.2, 0) is 95.8 Å². The third kappa shape index (κ3) is 35.7. The van der Waals surface area contributed by atoms with E-state index in [1.54, 1.807) is 95.2 Å². The second-order valence-corrected chi connectivity index (χ2v) is 25.3. The van der Waals surface area contributed by atoms with Crippen molar-refractivity contribution in [2.24, 2.45) is 5.73 Å². The number of esters is 5. The van der Waals surface area contributed by atoms with Crippen molar-refractivity contribution in [2.75, 3.05) is 74.9 Å². The maximum Gasteiger partial charge on any atom is 0.508 e. The minimum absolute atomic E-state index is 0.0298. The predicted molar refractivity (Wildman–Crippen MR) is 346 cm³/mol. The molecule has 3 aromatic rings. The van der Waals surface area contributed by atoms with Gasteiger partial charge in [-0.2, -0.15) is 0 Å². The quantitative estimate of drug-likeness (QED) is 0.0436. The van der Waals surface area contributed by atoms with Crippen LogP contribution >= 0.6 is 0 Å². The van der Waals surface area contributed by atoms with E-state index in [2.05, 4.69) is 64.0 Å². The van der Waals surface area contributed by atoms with Crippen LogP contribution in [0.25, 0.3) is 0 Å². The molecule has 95 heavy (non-hydrogen) atoms. The Morgan fingerprint density at radius 3 is 1.34 bits per heavy atom.